The molecule has 2 unspecified atom stereocenters. The van der Waals surface area contributed by atoms with Crippen LogP contribution in [0.1, 0.15) is 6.92 Å². The van der Waals surface area contributed by atoms with E-state index in [0.717, 1.165) is 0 Å². The van der Waals surface area contributed by atoms with E-state index < -0.39 is 23.8 Å². The molecule has 0 N–H and O–H groups in total. The molecule has 11 heavy (non-hydrogen) atoms. The molecule has 2 fully saturated rings. The van der Waals surface area contributed by atoms with Crippen molar-refractivity contribution in [3.05, 3.63) is 0 Å². The zero-order valence-corrected chi connectivity index (χ0v) is 5.83. The van der Waals surface area contributed by atoms with Crippen molar-refractivity contribution in [3.8, 4) is 0 Å². The van der Waals surface area contributed by atoms with Gasteiger partial charge in [-0.05, 0) is 6.92 Å². The molecular formula is C6H6O5. The summed E-state index contributed by atoms with van der Waals surface area (Å²) >= 11 is 0. The van der Waals surface area contributed by atoms with E-state index >= 15 is 0 Å². The molecule has 60 valence electrons. The number of esters is 2. The Morgan fingerprint density at radius 3 is 2.73 bits per heavy atom. The normalized spacial score (nSPS) is 41.7. The fraction of sp³-hybridized carbons (Fsp3) is 0.667. The van der Waals surface area contributed by atoms with Crippen LogP contribution in [0.2, 0.25) is 0 Å². The monoisotopic (exact) mass is 158 g/mol. The number of cyclic esters (lactones) is 1. The Labute approximate surface area is 62.2 Å². The number of rotatable bonds is 0. The maximum absolute atomic E-state index is 10.9. The van der Waals surface area contributed by atoms with E-state index in [1.807, 2.05) is 0 Å². The van der Waals surface area contributed by atoms with Gasteiger partial charge < -0.3 is 14.2 Å². The van der Waals surface area contributed by atoms with Gasteiger partial charge in [0, 0.05) is 0 Å². The second-order valence-electron chi connectivity index (χ2n) is 2.51. The predicted octanol–water partition coefficient (Wildman–Crippen LogP) is -0.799. The van der Waals surface area contributed by atoms with Crippen LogP contribution in [0.3, 0.4) is 0 Å². The van der Waals surface area contributed by atoms with Gasteiger partial charge in [-0.25, -0.2) is 9.59 Å². The predicted molar refractivity (Wildman–Crippen MR) is 30.3 cm³/mol. The molecule has 0 aromatic rings. The molecule has 2 aliphatic rings. The number of carbonyl (C=O) groups is 2. The van der Waals surface area contributed by atoms with E-state index in [2.05, 4.69) is 14.2 Å². The van der Waals surface area contributed by atoms with Crippen LogP contribution in [0.5, 0.6) is 0 Å². The zero-order chi connectivity index (χ0) is 8.06. The summed E-state index contributed by atoms with van der Waals surface area (Å²) in [6.45, 7) is 1.57. The van der Waals surface area contributed by atoms with Crippen LogP contribution in [0.25, 0.3) is 0 Å². The highest BCUT2D eigenvalue weighted by Gasteiger charge is 2.62. The van der Waals surface area contributed by atoms with E-state index in [1.165, 1.54) is 6.92 Å². The first-order chi connectivity index (χ1) is 5.14. The van der Waals surface area contributed by atoms with Gasteiger partial charge in [0.25, 0.3) is 0 Å². The van der Waals surface area contributed by atoms with E-state index in [1.54, 1.807) is 0 Å². The topological polar surface area (TPSA) is 65.1 Å². The molecule has 0 radical (unpaired) electrons. The van der Waals surface area contributed by atoms with Crippen molar-refractivity contribution in [3.63, 3.8) is 0 Å². The van der Waals surface area contributed by atoms with E-state index in [-0.39, 0.29) is 6.61 Å². The number of carbonyl (C=O) groups excluding carboxylic acids is 2. The Morgan fingerprint density at radius 1 is 1.55 bits per heavy atom. The van der Waals surface area contributed by atoms with Crippen LogP contribution in [0.4, 0.5) is 0 Å². The minimum absolute atomic E-state index is 0.115. The van der Waals surface area contributed by atoms with E-state index in [9.17, 15) is 9.59 Å². The van der Waals surface area contributed by atoms with Crippen LogP contribution in [-0.2, 0) is 23.8 Å². The van der Waals surface area contributed by atoms with Crippen molar-refractivity contribution < 1.29 is 23.8 Å². The lowest BCUT2D eigenvalue weighted by atomic mass is 10.3. The molecule has 0 aromatic heterocycles. The molecule has 0 bridgehead atoms. The number of ether oxygens (including phenoxy) is 3. The quantitative estimate of drug-likeness (QED) is 0.341. The average Bonchev–Trinajstić information content (AvgIpc) is 2.66. The molecule has 0 aliphatic carbocycles. The second-order valence-corrected chi connectivity index (χ2v) is 2.51. The van der Waals surface area contributed by atoms with Gasteiger partial charge in [-0.2, -0.15) is 0 Å². The molecule has 2 atom stereocenters. The van der Waals surface area contributed by atoms with Gasteiger partial charge in [-0.15, -0.1) is 0 Å². The summed E-state index contributed by atoms with van der Waals surface area (Å²) < 4.78 is 14.0. The maximum Gasteiger partial charge on any atom is 0.383 e. The van der Waals surface area contributed by atoms with E-state index in [0.29, 0.717) is 0 Å². The zero-order valence-electron chi connectivity index (χ0n) is 5.83. The summed E-state index contributed by atoms with van der Waals surface area (Å²) in [4.78, 5) is 21.7. The molecule has 5 heteroatoms. The number of hydrogen-bond acceptors (Lipinski definition) is 5. The summed E-state index contributed by atoms with van der Waals surface area (Å²) in [5.41, 5.74) is 0. The molecule has 1 spiro atoms. The standard InChI is InChI=1S/C6H6O5/c1-3-4(7)11-6(2-9-6)5(8)10-3/h3H,2H2,1H3. The SMILES string of the molecule is CC1OC(=O)C2(CO2)OC1=O. The smallest absolute Gasteiger partial charge is 0.383 e. The third-order valence-corrected chi connectivity index (χ3v) is 1.60. The van der Waals surface area contributed by atoms with Crippen molar-refractivity contribution in [1.82, 2.24) is 0 Å². The average molecular weight is 158 g/mol. The Hall–Kier alpha value is -1.10. The lowest BCUT2D eigenvalue weighted by Crippen LogP contribution is -2.45. The molecule has 2 saturated heterocycles. The first-order valence-electron chi connectivity index (χ1n) is 3.22. The van der Waals surface area contributed by atoms with Crippen LogP contribution in [-0.4, -0.2) is 30.4 Å². The van der Waals surface area contributed by atoms with Crippen molar-refractivity contribution in [2.45, 2.75) is 18.8 Å². The highest BCUT2D eigenvalue weighted by Crippen LogP contribution is 2.34. The summed E-state index contributed by atoms with van der Waals surface area (Å²) in [5, 5.41) is 0. The van der Waals surface area contributed by atoms with Crippen LogP contribution in [0.15, 0.2) is 0 Å². The largest absolute Gasteiger partial charge is 0.446 e. The fourth-order valence-electron chi connectivity index (χ4n) is 0.828. The van der Waals surface area contributed by atoms with E-state index in [4.69, 9.17) is 0 Å². The van der Waals surface area contributed by atoms with Crippen molar-refractivity contribution in [2.75, 3.05) is 6.61 Å². The fourth-order valence-corrected chi connectivity index (χ4v) is 0.828. The summed E-state index contributed by atoms with van der Waals surface area (Å²) in [7, 11) is 0. The molecule has 5 nitrogen and oxygen atoms in total. The second kappa shape index (κ2) is 1.73. The van der Waals surface area contributed by atoms with Gasteiger partial charge in [-0.1, -0.05) is 0 Å². The minimum atomic E-state index is -1.37. The highest BCUT2D eigenvalue weighted by molar-refractivity contribution is 5.90. The maximum atomic E-state index is 10.9. The molecular weight excluding hydrogens is 152 g/mol. The third-order valence-electron chi connectivity index (χ3n) is 1.60. The first-order valence-corrected chi connectivity index (χ1v) is 3.22. The van der Waals surface area contributed by atoms with Gasteiger partial charge in [0.15, 0.2) is 6.10 Å². The molecule has 2 rings (SSSR count). The van der Waals surface area contributed by atoms with Crippen LogP contribution < -0.4 is 0 Å². The Kier molecular flexibility index (Phi) is 1.04. The van der Waals surface area contributed by atoms with Gasteiger partial charge in [0.05, 0.1) is 0 Å². The van der Waals surface area contributed by atoms with Crippen molar-refractivity contribution >= 4 is 11.9 Å². The number of epoxide rings is 1. The van der Waals surface area contributed by atoms with Gasteiger partial charge in [0.1, 0.15) is 6.61 Å². The third kappa shape index (κ3) is 0.808. The van der Waals surface area contributed by atoms with Crippen molar-refractivity contribution in [1.29, 1.82) is 0 Å². The minimum Gasteiger partial charge on any atom is -0.446 e. The summed E-state index contributed by atoms with van der Waals surface area (Å²) in [6.07, 6.45) is -0.808. The van der Waals surface area contributed by atoms with Crippen LogP contribution >= 0.6 is 0 Å². The Bertz CT molecular complexity index is 229. The lowest BCUT2D eigenvalue weighted by Gasteiger charge is -2.22. The molecule has 0 amide bonds. The van der Waals surface area contributed by atoms with Crippen molar-refractivity contribution in [2.24, 2.45) is 0 Å². The molecule has 2 heterocycles. The molecule has 2 aliphatic heterocycles. The van der Waals surface area contributed by atoms with Gasteiger partial charge in [-0.3, -0.25) is 0 Å². The molecule has 0 saturated carbocycles. The number of hydrogen-bond donors (Lipinski definition) is 0. The van der Waals surface area contributed by atoms with Gasteiger partial charge in [0.2, 0.25) is 0 Å². The molecule has 0 aromatic carbocycles. The Morgan fingerprint density at radius 2 is 2.18 bits per heavy atom. The Balaban J connectivity index is 2.18. The summed E-state index contributed by atoms with van der Waals surface area (Å²) in [5.74, 6) is -2.53. The summed E-state index contributed by atoms with van der Waals surface area (Å²) in [6, 6.07) is 0. The van der Waals surface area contributed by atoms with Gasteiger partial charge >= 0.3 is 17.7 Å². The lowest BCUT2D eigenvalue weighted by molar-refractivity contribution is -0.207. The highest BCUT2D eigenvalue weighted by atomic mass is 16.8. The van der Waals surface area contributed by atoms with Crippen LogP contribution in [0, 0.1) is 0 Å². The first kappa shape index (κ1) is 6.60.